The first-order chi connectivity index (χ1) is 8.60. The third-order valence-electron chi connectivity index (χ3n) is 3.39. The van der Waals surface area contributed by atoms with Gasteiger partial charge in [-0.05, 0) is 25.7 Å². The zero-order chi connectivity index (χ0) is 13.4. The third-order valence-corrected chi connectivity index (χ3v) is 3.39. The number of nitrogens with one attached hydrogen (secondary N) is 2. The van der Waals surface area contributed by atoms with E-state index in [4.69, 9.17) is 11.5 Å². The summed E-state index contributed by atoms with van der Waals surface area (Å²) >= 11 is 0. The van der Waals surface area contributed by atoms with Crippen LogP contribution in [0, 0.1) is 17.8 Å². The van der Waals surface area contributed by atoms with Gasteiger partial charge in [0, 0.05) is 19.5 Å². The molecular formula is C13H20N2O3. The predicted octanol–water partition coefficient (Wildman–Crippen LogP) is 1.34. The molecule has 0 atom stereocenters. The first kappa shape index (κ1) is 14.4. The third kappa shape index (κ3) is 3.95. The van der Waals surface area contributed by atoms with Crippen LogP contribution >= 0.6 is 0 Å². The van der Waals surface area contributed by atoms with Crippen molar-refractivity contribution in [2.75, 3.05) is 13.1 Å². The first-order valence-electron chi connectivity index (χ1n) is 6.29. The summed E-state index contributed by atoms with van der Waals surface area (Å²) in [6.45, 7) is 0.770. The number of carbonyl (C=O) groups excluding carboxylic acids is 1. The maximum absolute atomic E-state index is 11.4. The second-order valence-corrected chi connectivity index (χ2v) is 4.71. The summed E-state index contributed by atoms with van der Waals surface area (Å²) in [7, 11) is 0. The highest BCUT2D eigenvalue weighted by Crippen LogP contribution is 2.40. The molecule has 0 aromatic heterocycles. The smallest absolute Gasteiger partial charge is 0.314 e. The van der Waals surface area contributed by atoms with Crippen molar-refractivity contribution in [1.29, 1.82) is 0 Å². The van der Waals surface area contributed by atoms with Crippen LogP contribution < -0.4 is 10.6 Å². The van der Waals surface area contributed by atoms with E-state index < -0.39 is 11.4 Å². The maximum atomic E-state index is 11.4. The molecule has 3 N–H and O–H groups in total. The Hall–Kier alpha value is -1.70. The number of urea groups is 1. The fourth-order valence-corrected chi connectivity index (χ4v) is 1.94. The van der Waals surface area contributed by atoms with Gasteiger partial charge in [-0.15, -0.1) is 12.3 Å². The molecule has 0 unspecified atom stereocenters. The van der Waals surface area contributed by atoms with Crippen LogP contribution in [0.3, 0.4) is 0 Å². The van der Waals surface area contributed by atoms with Crippen molar-refractivity contribution >= 4 is 12.0 Å². The molecule has 1 saturated carbocycles. The zero-order valence-corrected chi connectivity index (χ0v) is 10.5. The highest BCUT2D eigenvalue weighted by Gasteiger charge is 2.44. The van der Waals surface area contributed by atoms with Crippen molar-refractivity contribution in [2.45, 2.75) is 38.5 Å². The Morgan fingerprint density at radius 3 is 2.50 bits per heavy atom. The molecule has 1 aliphatic carbocycles. The zero-order valence-electron chi connectivity index (χ0n) is 10.5. The number of rotatable bonds is 7. The van der Waals surface area contributed by atoms with E-state index in [9.17, 15) is 9.59 Å². The molecule has 0 saturated heterocycles. The van der Waals surface area contributed by atoms with Crippen molar-refractivity contribution in [3.63, 3.8) is 0 Å². The molecule has 0 aromatic rings. The predicted molar refractivity (Wildman–Crippen MR) is 68.0 cm³/mol. The minimum atomic E-state index is -0.817. The number of terminal acetylenes is 1. The molecule has 1 aliphatic rings. The molecule has 1 rings (SSSR count). The lowest BCUT2D eigenvalue weighted by molar-refractivity contribution is -0.153. The van der Waals surface area contributed by atoms with Crippen LogP contribution in [0.15, 0.2) is 0 Å². The monoisotopic (exact) mass is 252 g/mol. The van der Waals surface area contributed by atoms with E-state index in [1.807, 2.05) is 0 Å². The van der Waals surface area contributed by atoms with E-state index >= 15 is 0 Å². The number of hydrogen-bond donors (Lipinski definition) is 3. The molecule has 5 heteroatoms. The first-order valence-corrected chi connectivity index (χ1v) is 6.29. The fraction of sp³-hybridized carbons (Fsp3) is 0.692. The minimum absolute atomic E-state index is 0.207. The lowest BCUT2D eigenvalue weighted by Gasteiger charge is -2.37. The SMILES string of the molecule is C#CCCCCNC(=O)NCC1(C(=O)O)CCC1. The van der Waals surface area contributed by atoms with E-state index in [2.05, 4.69) is 16.6 Å². The number of hydrogen-bond acceptors (Lipinski definition) is 2. The molecule has 0 radical (unpaired) electrons. The number of aliphatic carboxylic acids is 1. The van der Waals surface area contributed by atoms with E-state index in [0.29, 0.717) is 25.8 Å². The van der Waals surface area contributed by atoms with Gasteiger partial charge in [0.1, 0.15) is 0 Å². The van der Waals surface area contributed by atoms with Crippen molar-refractivity contribution in [3.05, 3.63) is 0 Å². The molecule has 100 valence electrons. The van der Waals surface area contributed by atoms with Crippen LogP contribution in [0.5, 0.6) is 0 Å². The normalized spacial score (nSPS) is 16.2. The molecule has 2 amide bonds. The van der Waals surface area contributed by atoms with Gasteiger partial charge in [-0.2, -0.15) is 0 Å². The maximum Gasteiger partial charge on any atom is 0.314 e. The summed E-state index contributed by atoms with van der Waals surface area (Å²) in [5.41, 5.74) is -0.735. The summed E-state index contributed by atoms with van der Waals surface area (Å²) in [5, 5.41) is 14.4. The van der Waals surface area contributed by atoms with Crippen LogP contribution in [0.25, 0.3) is 0 Å². The molecule has 1 fully saturated rings. The summed E-state index contributed by atoms with van der Waals surface area (Å²) in [6, 6.07) is -0.303. The molecule has 0 spiro atoms. The Labute approximate surface area is 107 Å². The summed E-state index contributed by atoms with van der Waals surface area (Å²) in [6.07, 6.45) is 9.75. The topological polar surface area (TPSA) is 78.4 Å². The van der Waals surface area contributed by atoms with Crippen molar-refractivity contribution < 1.29 is 14.7 Å². The van der Waals surface area contributed by atoms with E-state index in [1.165, 1.54) is 0 Å². The second kappa shape index (κ2) is 6.90. The van der Waals surface area contributed by atoms with Gasteiger partial charge < -0.3 is 15.7 Å². The average molecular weight is 252 g/mol. The van der Waals surface area contributed by atoms with Crippen molar-refractivity contribution in [1.82, 2.24) is 10.6 Å². The van der Waals surface area contributed by atoms with Gasteiger partial charge in [-0.3, -0.25) is 4.79 Å². The summed E-state index contributed by atoms with van der Waals surface area (Å²) in [5.74, 6) is 1.72. The Kier molecular flexibility index (Phi) is 5.50. The van der Waals surface area contributed by atoms with Gasteiger partial charge >= 0.3 is 12.0 Å². The van der Waals surface area contributed by atoms with Crippen LogP contribution in [0.2, 0.25) is 0 Å². The highest BCUT2D eigenvalue weighted by atomic mass is 16.4. The Bertz CT molecular complexity index is 343. The second-order valence-electron chi connectivity index (χ2n) is 4.71. The number of unbranched alkanes of at least 4 members (excludes halogenated alkanes) is 2. The highest BCUT2D eigenvalue weighted by molar-refractivity contribution is 5.78. The average Bonchev–Trinajstić information content (AvgIpc) is 2.27. The Morgan fingerprint density at radius 2 is 2.00 bits per heavy atom. The fourth-order valence-electron chi connectivity index (χ4n) is 1.94. The molecule has 0 bridgehead atoms. The minimum Gasteiger partial charge on any atom is -0.481 e. The summed E-state index contributed by atoms with van der Waals surface area (Å²) in [4.78, 5) is 22.5. The van der Waals surface area contributed by atoms with Crippen LogP contribution in [0.1, 0.15) is 38.5 Å². The lowest BCUT2D eigenvalue weighted by atomic mass is 9.69. The van der Waals surface area contributed by atoms with Gasteiger partial charge in [-0.1, -0.05) is 6.42 Å². The van der Waals surface area contributed by atoms with E-state index in [1.54, 1.807) is 0 Å². The van der Waals surface area contributed by atoms with Gasteiger partial charge in [-0.25, -0.2) is 4.79 Å². The molecule has 0 heterocycles. The van der Waals surface area contributed by atoms with E-state index in [-0.39, 0.29) is 12.6 Å². The van der Waals surface area contributed by atoms with Gasteiger partial charge in [0.2, 0.25) is 0 Å². The van der Waals surface area contributed by atoms with Crippen LogP contribution in [0.4, 0.5) is 4.79 Å². The summed E-state index contributed by atoms with van der Waals surface area (Å²) < 4.78 is 0. The molecule has 0 aliphatic heterocycles. The standard InChI is InChI=1S/C13H20N2O3/c1-2-3-4-5-9-14-12(18)15-10-13(11(16)17)7-6-8-13/h1H,3-10H2,(H,16,17)(H2,14,15,18). The lowest BCUT2D eigenvalue weighted by Crippen LogP contribution is -2.49. The Morgan fingerprint density at radius 1 is 1.28 bits per heavy atom. The molecule has 0 aromatic carbocycles. The number of carboxylic acid groups (broad SMARTS) is 1. The van der Waals surface area contributed by atoms with Crippen molar-refractivity contribution in [3.8, 4) is 12.3 Å². The number of carbonyl (C=O) groups is 2. The van der Waals surface area contributed by atoms with Gasteiger partial charge in [0.25, 0.3) is 0 Å². The van der Waals surface area contributed by atoms with Gasteiger partial charge in [0.15, 0.2) is 0 Å². The largest absolute Gasteiger partial charge is 0.481 e. The van der Waals surface area contributed by atoms with Crippen molar-refractivity contribution in [2.24, 2.45) is 5.41 Å². The quantitative estimate of drug-likeness (QED) is 0.472. The van der Waals surface area contributed by atoms with Crippen LogP contribution in [-0.2, 0) is 4.79 Å². The van der Waals surface area contributed by atoms with E-state index in [0.717, 1.165) is 19.3 Å². The van der Waals surface area contributed by atoms with Crippen LogP contribution in [-0.4, -0.2) is 30.2 Å². The molecule has 18 heavy (non-hydrogen) atoms. The molecule has 5 nitrogen and oxygen atoms in total. The van der Waals surface area contributed by atoms with Gasteiger partial charge in [0.05, 0.1) is 5.41 Å². The number of carboxylic acids is 1. The number of amides is 2. The Balaban J connectivity index is 2.13. The molecular weight excluding hydrogens is 232 g/mol.